The SMILES string of the molecule is COCCN(CC(=O)N1CCCCC1c1nc(-c2ccc(Cl)cc2)no1)S(=O)(=O)c1ccc(Br)cc1. The highest BCUT2D eigenvalue weighted by molar-refractivity contribution is 9.10. The zero-order valence-electron chi connectivity index (χ0n) is 19.6. The molecule has 192 valence electrons. The number of halogens is 2. The van der Waals surface area contributed by atoms with Crippen molar-refractivity contribution >= 4 is 43.5 Å². The first-order valence-electron chi connectivity index (χ1n) is 11.4. The Morgan fingerprint density at radius 2 is 1.92 bits per heavy atom. The van der Waals surface area contributed by atoms with Crippen LogP contribution in [-0.4, -0.2) is 67.0 Å². The predicted octanol–water partition coefficient (Wildman–Crippen LogP) is 4.54. The molecule has 1 unspecified atom stereocenters. The van der Waals surface area contributed by atoms with Gasteiger partial charge in [0.15, 0.2) is 0 Å². The zero-order valence-corrected chi connectivity index (χ0v) is 22.8. The standard InChI is InChI=1S/C24H26BrClN4O5S/c1-34-15-14-29(36(32,33)20-11-7-18(25)8-12-20)16-22(31)30-13-3-2-4-21(30)24-27-23(28-35-24)17-5-9-19(26)10-6-17/h5-12,21H,2-4,13-16H2,1H3. The van der Waals surface area contributed by atoms with Gasteiger partial charge in [-0.3, -0.25) is 4.79 Å². The third kappa shape index (κ3) is 6.15. The summed E-state index contributed by atoms with van der Waals surface area (Å²) in [5, 5.41) is 4.68. The summed E-state index contributed by atoms with van der Waals surface area (Å²) in [7, 11) is -2.43. The van der Waals surface area contributed by atoms with Crippen molar-refractivity contribution in [1.82, 2.24) is 19.3 Å². The Kier molecular flexibility index (Phi) is 8.78. The second-order valence-electron chi connectivity index (χ2n) is 8.35. The third-order valence-corrected chi connectivity index (χ3v) is 8.60. The fraction of sp³-hybridized carbons (Fsp3) is 0.375. The average molecular weight is 598 g/mol. The van der Waals surface area contributed by atoms with E-state index in [-0.39, 0.29) is 30.5 Å². The lowest BCUT2D eigenvalue weighted by Crippen LogP contribution is -2.46. The maximum absolute atomic E-state index is 13.5. The number of sulfonamides is 1. The van der Waals surface area contributed by atoms with Gasteiger partial charge in [-0.1, -0.05) is 32.7 Å². The summed E-state index contributed by atoms with van der Waals surface area (Å²) < 4.78 is 39.2. The van der Waals surface area contributed by atoms with Gasteiger partial charge in [0.1, 0.15) is 6.04 Å². The highest BCUT2D eigenvalue weighted by atomic mass is 79.9. The Morgan fingerprint density at radius 3 is 2.61 bits per heavy atom. The molecular weight excluding hydrogens is 572 g/mol. The maximum atomic E-state index is 13.5. The molecule has 2 aromatic carbocycles. The molecule has 12 heteroatoms. The third-order valence-electron chi connectivity index (χ3n) is 5.96. The number of hydrogen-bond donors (Lipinski definition) is 0. The fourth-order valence-electron chi connectivity index (χ4n) is 4.05. The van der Waals surface area contributed by atoms with Crippen molar-refractivity contribution in [2.75, 3.05) is 33.4 Å². The molecule has 1 aliphatic rings. The van der Waals surface area contributed by atoms with Crippen molar-refractivity contribution < 1.29 is 22.5 Å². The molecule has 0 bridgehead atoms. The van der Waals surface area contributed by atoms with Crippen LogP contribution in [0.1, 0.15) is 31.2 Å². The molecule has 0 N–H and O–H groups in total. The van der Waals surface area contributed by atoms with E-state index in [1.807, 2.05) is 0 Å². The van der Waals surface area contributed by atoms with Gasteiger partial charge in [0.25, 0.3) is 0 Å². The number of rotatable bonds is 9. The summed E-state index contributed by atoms with van der Waals surface area (Å²) in [5.74, 6) is 0.397. The van der Waals surface area contributed by atoms with Crippen LogP contribution in [0.15, 0.2) is 62.4 Å². The van der Waals surface area contributed by atoms with Crippen molar-refractivity contribution in [1.29, 1.82) is 0 Å². The molecular formula is C24H26BrClN4O5S. The highest BCUT2D eigenvalue weighted by Gasteiger charge is 2.35. The molecule has 0 radical (unpaired) electrons. The predicted molar refractivity (Wildman–Crippen MR) is 138 cm³/mol. The summed E-state index contributed by atoms with van der Waals surface area (Å²) in [6.45, 7) is 0.343. The topological polar surface area (TPSA) is 106 Å². The molecule has 2 heterocycles. The molecule has 1 atom stereocenters. The number of nitrogens with zero attached hydrogens (tertiary/aromatic N) is 4. The van der Waals surface area contributed by atoms with Crippen molar-refractivity contribution in [3.63, 3.8) is 0 Å². The summed E-state index contributed by atoms with van der Waals surface area (Å²) >= 11 is 9.28. The molecule has 0 aliphatic carbocycles. The van der Waals surface area contributed by atoms with Crippen LogP contribution in [-0.2, 0) is 19.6 Å². The number of benzene rings is 2. The highest BCUT2D eigenvalue weighted by Crippen LogP contribution is 2.32. The number of carbonyl (C=O) groups is 1. The number of ether oxygens (including phenoxy) is 1. The van der Waals surface area contributed by atoms with E-state index < -0.39 is 16.1 Å². The van der Waals surface area contributed by atoms with E-state index in [9.17, 15) is 13.2 Å². The van der Waals surface area contributed by atoms with Crippen molar-refractivity contribution in [2.45, 2.75) is 30.2 Å². The lowest BCUT2D eigenvalue weighted by atomic mass is 10.0. The average Bonchev–Trinajstić information content (AvgIpc) is 3.37. The van der Waals surface area contributed by atoms with Gasteiger partial charge < -0.3 is 14.2 Å². The lowest BCUT2D eigenvalue weighted by Gasteiger charge is -2.34. The number of aromatic nitrogens is 2. The Bertz CT molecular complexity index is 1280. The molecule has 1 fully saturated rings. The summed E-state index contributed by atoms with van der Waals surface area (Å²) in [5.41, 5.74) is 0.745. The van der Waals surface area contributed by atoms with E-state index >= 15 is 0 Å². The van der Waals surface area contributed by atoms with Crippen molar-refractivity contribution in [3.8, 4) is 11.4 Å². The van der Waals surface area contributed by atoms with Gasteiger partial charge in [0.2, 0.25) is 27.6 Å². The molecule has 1 amide bonds. The Morgan fingerprint density at radius 1 is 1.19 bits per heavy atom. The molecule has 1 aliphatic heterocycles. The number of hydrogen-bond acceptors (Lipinski definition) is 7. The lowest BCUT2D eigenvalue weighted by molar-refractivity contribution is -0.136. The van der Waals surface area contributed by atoms with Crippen LogP contribution in [0.4, 0.5) is 0 Å². The molecule has 9 nitrogen and oxygen atoms in total. The second-order valence-corrected chi connectivity index (χ2v) is 11.6. The molecule has 1 aromatic heterocycles. The minimum absolute atomic E-state index is 0.0421. The van der Waals surface area contributed by atoms with Crippen LogP contribution in [0.25, 0.3) is 11.4 Å². The second kappa shape index (κ2) is 11.8. The zero-order chi connectivity index (χ0) is 25.7. The smallest absolute Gasteiger partial charge is 0.249 e. The van der Waals surface area contributed by atoms with Gasteiger partial charge in [-0.2, -0.15) is 9.29 Å². The first kappa shape index (κ1) is 26.7. The molecule has 0 spiro atoms. The van der Waals surface area contributed by atoms with Crippen LogP contribution in [0.2, 0.25) is 5.02 Å². The first-order valence-corrected chi connectivity index (χ1v) is 14.0. The normalized spacial score (nSPS) is 16.4. The van der Waals surface area contributed by atoms with Crippen LogP contribution in [0.3, 0.4) is 0 Å². The van der Waals surface area contributed by atoms with Gasteiger partial charge in [0, 0.05) is 35.3 Å². The van der Waals surface area contributed by atoms with Gasteiger partial charge in [-0.05, 0) is 67.8 Å². The Labute approximate surface area is 223 Å². The fourth-order valence-corrected chi connectivity index (χ4v) is 5.81. The van der Waals surface area contributed by atoms with E-state index in [0.29, 0.717) is 29.7 Å². The molecule has 3 aromatic rings. The van der Waals surface area contributed by atoms with E-state index in [2.05, 4.69) is 26.1 Å². The van der Waals surface area contributed by atoms with E-state index in [1.54, 1.807) is 41.3 Å². The minimum Gasteiger partial charge on any atom is -0.383 e. The minimum atomic E-state index is -3.92. The van der Waals surface area contributed by atoms with Crippen LogP contribution >= 0.6 is 27.5 Å². The number of methoxy groups -OCH3 is 1. The number of amides is 1. The monoisotopic (exact) mass is 596 g/mol. The largest absolute Gasteiger partial charge is 0.383 e. The van der Waals surface area contributed by atoms with Crippen molar-refractivity contribution in [2.24, 2.45) is 0 Å². The quantitative estimate of drug-likeness (QED) is 0.356. The van der Waals surface area contributed by atoms with E-state index in [0.717, 1.165) is 27.2 Å². The Balaban J connectivity index is 1.55. The van der Waals surface area contributed by atoms with Crippen LogP contribution < -0.4 is 0 Å². The van der Waals surface area contributed by atoms with Gasteiger partial charge in [-0.25, -0.2) is 8.42 Å². The summed E-state index contributed by atoms with van der Waals surface area (Å²) in [6, 6.07) is 12.9. The van der Waals surface area contributed by atoms with Crippen LogP contribution in [0, 0.1) is 0 Å². The van der Waals surface area contributed by atoms with Gasteiger partial charge in [-0.15, -0.1) is 0 Å². The summed E-state index contributed by atoms with van der Waals surface area (Å²) in [4.78, 5) is 19.7. The van der Waals surface area contributed by atoms with E-state index in [4.69, 9.17) is 20.9 Å². The Hall–Kier alpha value is -2.31. The van der Waals surface area contributed by atoms with Crippen molar-refractivity contribution in [3.05, 3.63) is 63.9 Å². The summed E-state index contributed by atoms with van der Waals surface area (Å²) in [6.07, 6.45) is 2.33. The molecule has 0 saturated carbocycles. The molecule has 1 saturated heterocycles. The van der Waals surface area contributed by atoms with Gasteiger partial charge >= 0.3 is 0 Å². The number of carbonyl (C=O) groups excluding carboxylic acids is 1. The number of piperidine rings is 1. The maximum Gasteiger partial charge on any atom is 0.249 e. The van der Waals surface area contributed by atoms with E-state index in [1.165, 1.54) is 19.2 Å². The van der Waals surface area contributed by atoms with Crippen LogP contribution in [0.5, 0.6) is 0 Å². The molecule has 4 rings (SSSR count). The molecule has 36 heavy (non-hydrogen) atoms. The number of likely N-dealkylation sites (tertiary alicyclic amines) is 1. The van der Waals surface area contributed by atoms with Gasteiger partial charge in [0.05, 0.1) is 18.0 Å². The first-order chi connectivity index (χ1) is 17.3.